The summed E-state index contributed by atoms with van der Waals surface area (Å²) in [6.07, 6.45) is 3.92. The molecule has 0 aromatic carbocycles. The molecule has 0 radical (unpaired) electrons. The van der Waals surface area contributed by atoms with Crippen molar-refractivity contribution in [1.82, 2.24) is 5.32 Å². The van der Waals surface area contributed by atoms with Crippen LogP contribution in [0.5, 0.6) is 0 Å². The van der Waals surface area contributed by atoms with Crippen LogP contribution in [0.3, 0.4) is 0 Å². The highest BCUT2D eigenvalue weighted by molar-refractivity contribution is 4.77. The molecule has 1 aliphatic heterocycles. The summed E-state index contributed by atoms with van der Waals surface area (Å²) in [5.41, 5.74) is 5.50. The monoisotopic (exact) mass is 128 g/mol. The van der Waals surface area contributed by atoms with E-state index in [4.69, 9.17) is 5.73 Å². The molecule has 0 bridgehead atoms. The Morgan fingerprint density at radius 2 is 2.33 bits per heavy atom. The molecule has 54 valence electrons. The second-order valence-corrected chi connectivity index (χ2v) is 2.93. The lowest BCUT2D eigenvalue weighted by Crippen LogP contribution is -2.44. The number of piperidine rings is 1. The van der Waals surface area contributed by atoms with E-state index < -0.39 is 0 Å². The molecule has 0 saturated carbocycles. The molecule has 2 atom stereocenters. The fourth-order valence-electron chi connectivity index (χ4n) is 1.43. The van der Waals surface area contributed by atoms with Gasteiger partial charge in [-0.25, -0.2) is 0 Å². The van der Waals surface area contributed by atoms with Gasteiger partial charge in [0.2, 0.25) is 0 Å². The van der Waals surface area contributed by atoms with Crippen LogP contribution in [0.15, 0.2) is 0 Å². The van der Waals surface area contributed by atoms with E-state index in [0.717, 1.165) is 6.54 Å². The maximum atomic E-state index is 5.50. The largest absolute Gasteiger partial charge is 0.329 e. The summed E-state index contributed by atoms with van der Waals surface area (Å²) in [7, 11) is 0. The molecule has 0 aliphatic carbocycles. The van der Waals surface area contributed by atoms with Crippen molar-refractivity contribution in [3.05, 3.63) is 0 Å². The van der Waals surface area contributed by atoms with E-state index in [0.29, 0.717) is 12.1 Å². The van der Waals surface area contributed by atoms with E-state index in [2.05, 4.69) is 12.2 Å². The zero-order chi connectivity index (χ0) is 6.69. The third-order valence-electron chi connectivity index (χ3n) is 1.99. The van der Waals surface area contributed by atoms with Gasteiger partial charge in [-0.15, -0.1) is 0 Å². The molecule has 1 saturated heterocycles. The Morgan fingerprint density at radius 1 is 1.56 bits per heavy atom. The first-order valence-corrected chi connectivity index (χ1v) is 3.79. The van der Waals surface area contributed by atoms with E-state index in [-0.39, 0.29) is 0 Å². The SMILES string of the molecule is C[C@@H]1CCC[C@H](CN)N1. The molecule has 1 rings (SSSR count). The summed E-state index contributed by atoms with van der Waals surface area (Å²) < 4.78 is 0. The normalized spacial score (nSPS) is 36.7. The number of nitrogens with two attached hydrogens (primary N) is 1. The van der Waals surface area contributed by atoms with Crippen LogP contribution in [0.25, 0.3) is 0 Å². The van der Waals surface area contributed by atoms with Crippen LogP contribution in [0.4, 0.5) is 0 Å². The summed E-state index contributed by atoms with van der Waals surface area (Å²) in [5.74, 6) is 0. The molecule has 1 heterocycles. The van der Waals surface area contributed by atoms with Crippen molar-refractivity contribution in [3.8, 4) is 0 Å². The Labute approximate surface area is 56.8 Å². The van der Waals surface area contributed by atoms with Crippen LogP contribution in [-0.4, -0.2) is 18.6 Å². The quantitative estimate of drug-likeness (QED) is 0.539. The minimum absolute atomic E-state index is 0.591. The Kier molecular flexibility index (Phi) is 2.49. The summed E-state index contributed by atoms with van der Waals surface area (Å²) in [4.78, 5) is 0. The summed E-state index contributed by atoms with van der Waals surface area (Å²) in [5, 5.41) is 3.44. The summed E-state index contributed by atoms with van der Waals surface area (Å²) >= 11 is 0. The highest BCUT2D eigenvalue weighted by Crippen LogP contribution is 2.10. The molecular formula is C7H16N2. The van der Waals surface area contributed by atoms with Crippen LogP contribution in [-0.2, 0) is 0 Å². The van der Waals surface area contributed by atoms with Gasteiger partial charge in [0.15, 0.2) is 0 Å². The lowest BCUT2D eigenvalue weighted by atomic mass is 10.00. The van der Waals surface area contributed by atoms with E-state index in [1.54, 1.807) is 0 Å². The fourth-order valence-corrected chi connectivity index (χ4v) is 1.43. The van der Waals surface area contributed by atoms with Gasteiger partial charge in [-0.2, -0.15) is 0 Å². The van der Waals surface area contributed by atoms with E-state index in [9.17, 15) is 0 Å². The minimum atomic E-state index is 0.591. The van der Waals surface area contributed by atoms with Gasteiger partial charge in [0, 0.05) is 18.6 Å². The van der Waals surface area contributed by atoms with Crippen molar-refractivity contribution in [2.24, 2.45) is 5.73 Å². The first kappa shape index (κ1) is 7.03. The van der Waals surface area contributed by atoms with Gasteiger partial charge in [-0.1, -0.05) is 6.42 Å². The van der Waals surface area contributed by atoms with Gasteiger partial charge in [0.25, 0.3) is 0 Å². The highest BCUT2D eigenvalue weighted by atomic mass is 15.0. The maximum absolute atomic E-state index is 5.50. The minimum Gasteiger partial charge on any atom is -0.329 e. The molecule has 0 amide bonds. The van der Waals surface area contributed by atoms with Crippen LogP contribution >= 0.6 is 0 Å². The first-order valence-electron chi connectivity index (χ1n) is 3.79. The molecule has 3 N–H and O–H groups in total. The first-order chi connectivity index (χ1) is 4.33. The molecule has 9 heavy (non-hydrogen) atoms. The van der Waals surface area contributed by atoms with Crippen molar-refractivity contribution in [2.45, 2.75) is 38.3 Å². The third-order valence-corrected chi connectivity index (χ3v) is 1.99. The lowest BCUT2D eigenvalue weighted by molar-refractivity contribution is 0.340. The molecule has 0 spiro atoms. The highest BCUT2D eigenvalue weighted by Gasteiger charge is 2.15. The molecule has 2 heteroatoms. The predicted octanol–water partition coefficient (Wildman–Crippen LogP) is 0.476. The number of rotatable bonds is 1. The molecule has 1 fully saturated rings. The molecule has 2 nitrogen and oxygen atoms in total. The Bertz CT molecular complexity index is 83.0. The Morgan fingerprint density at radius 3 is 2.78 bits per heavy atom. The van der Waals surface area contributed by atoms with Crippen molar-refractivity contribution in [2.75, 3.05) is 6.54 Å². The van der Waals surface area contributed by atoms with Crippen molar-refractivity contribution >= 4 is 0 Å². The maximum Gasteiger partial charge on any atom is 0.0192 e. The number of hydrogen-bond donors (Lipinski definition) is 2. The zero-order valence-corrected chi connectivity index (χ0v) is 6.06. The van der Waals surface area contributed by atoms with E-state index in [1.807, 2.05) is 0 Å². The van der Waals surface area contributed by atoms with Gasteiger partial charge in [0.1, 0.15) is 0 Å². The van der Waals surface area contributed by atoms with Gasteiger partial charge in [-0.05, 0) is 19.8 Å². The number of hydrogen-bond acceptors (Lipinski definition) is 2. The van der Waals surface area contributed by atoms with E-state index in [1.165, 1.54) is 19.3 Å². The van der Waals surface area contributed by atoms with Crippen LogP contribution in [0, 0.1) is 0 Å². The van der Waals surface area contributed by atoms with Crippen molar-refractivity contribution < 1.29 is 0 Å². The standard InChI is InChI=1S/C7H16N2/c1-6-3-2-4-7(5-8)9-6/h6-7,9H,2-5,8H2,1H3/t6-,7-/m1/s1. The average molecular weight is 128 g/mol. The Hall–Kier alpha value is -0.0800. The topological polar surface area (TPSA) is 38.0 Å². The van der Waals surface area contributed by atoms with Crippen LogP contribution < -0.4 is 11.1 Å². The van der Waals surface area contributed by atoms with Gasteiger partial charge in [0.05, 0.1) is 0 Å². The Balaban J connectivity index is 2.23. The van der Waals surface area contributed by atoms with E-state index >= 15 is 0 Å². The van der Waals surface area contributed by atoms with Crippen molar-refractivity contribution in [1.29, 1.82) is 0 Å². The van der Waals surface area contributed by atoms with Crippen LogP contribution in [0.1, 0.15) is 26.2 Å². The second-order valence-electron chi connectivity index (χ2n) is 2.93. The van der Waals surface area contributed by atoms with Gasteiger partial charge >= 0.3 is 0 Å². The molecule has 0 unspecified atom stereocenters. The number of nitrogens with one attached hydrogen (secondary N) is 1. The molecule has 0 aromatic heterocycles. The van der Waals surface area contributed by atoms with Gasteiger partial charge < -0.3 is 11.1 Å². The second kappa shape index (κ2) is 3.18. The zero-order valence-electron chi connectivity index (χ0n) is 6.06. The summed E-state index contributed by atoms with van der Waals surface area (Å²) in [6.45, 7) is 3.02. The van der Waals surface area contributed by atoms with Crippen LogP contribution in [0.2, 0.25) is 0 Å². The smallest absolute Gasteiger partial charge is 0.0192 e. The molecule has 1 aliphatic rings. The summed E-state index contributed by atoms with van der Waals surface area (Å²) in [6, 6.07) is 1.28. The fraction of sp³-hybridized carbons (Fsp3) is 1.00. The van der Waals surface area contributed by atoms with Crippen molar-refractivity contribution in [3.63, 3.8) is 0 Å². The molecule has 0 aromatic rings. The van der Waals surface area contributed by atoms with Gasteiger partial charge in [-0.3, -0.25) is 0 Å². The average Bonchev–Trinajstić information content (AvgIpc) is 1.88. The molecular weight excluding hydrogens is 112 g/mol. The lowest BCUT2D eigenvalue weighted by Gasteiger charge is -2.27. The third kappa shape index (κ3) is 1.95. The predicted molar refractivity (Wildman–Crippen MR) is 39.3 cm³/mol.